The Morgan fingerprint density at radius 3 is 1.28 bits per heavy atom. The SMILES string of the molecule is CN1C(=Cc2ccn(-c3ccccc3)c(=NN3CCN(N=c4cc(C=C5Sc6ccccc6N5C)ccn4-c4ccccc4)CC3)c2)Sc2ccccc21. The van der Waals surface area contributed by atoms with Crippen LogP contribution in [0.3, 0.4) is 0 Å². The van der Waals surface area contributed by atoms with Gasteiger partial charge in [-0.1, -0.05) is 84.2 Å². The number of piperazine rings is 1. The molecule has 9 rings (SSSR count). The highest BCUT2D eigenvalue weighted by atomic mass is 32.2. The Morgan fingerprint density at radius 2 is 0.870 bits per heavy atom. The molecule has 1 fully saturated rings. The maximum atomic E-state index is 5.25. The maximum absolute atomic E-state index is 5.25. The number of aromatic nitrogens is 2. The minimum atomic E-state index is 0.756. The fourth-order valence-corrected chi connectivity index (χ4v) is 9.13. The third kappa shape index (κ3) is 6.98. The van der Waals surface area contributed by atoms with E-state index in [1.165, 1.54) is 31.2 Å². The standard InChI is InChI=1S/C44H40N8S2/c1-47-37-17-9-11-19-39(37)53-43(47)31-33-21-23-51(35-13-5-3-6-14-35)41(29-33)45-49-25-27-50(28-26-49)46-42-30-34(22-24-52(42)36-15-7-4-8-16-36)32-44-48(2)38-18-10-12-20-40(38)54-44/h3-24,29-32H,25-28H2,1-2H3. The Labute approximate surface area is 324 Å². The molecule has 4 aromatic carbocycles. The highest BCUT2D eigenvalue weighted by Crippen LogP contribution is 2.46. The molecule has 3 aliphatic rings. The molecule has 3 aliphatic heterocycles. The molecule has 0 aliphatic carbocycles. The van der Waals surface area contributed by atoms with E-state index in [9.17, 15) is 0 Å². The molecule has 1 saturated heterocycles. The summed E-state index contributed by atoms with van der Waals surface area (Å²) in [6, 6.07) is 46.7. The molecule has 0 atom stereocenters. The molecule has 5 heterocycles. The van der Waals surface area contributed by atoms with Crippen LogP contribution in [0.4, 0.5) is 11.4 Å². The van der Waals surface area contributed by atoms with Gasteiger partial charge in [0.2, 0.25) is 0 Å². The van der Waals surface area contributed by atoms with Gasteiger partial charge in [0.15, 0.2) is 11.0 Å². The minimum absolute atomic E-state index is 0.756. The van der Waals surface area contributed by atoms with Gasteiger partial charge in [-0.2, -0.15) is 10.2 Å². The number of hydrogen-bond acceptors (Lipinski definition) is 8. The number of nitrogens with zero attached hydrogens (tertiary/aromatic N) is 8. The molecule has 8 nitrogen and oxygen atoms in total. The maximum Gasteiger partial charge on any atom is 0.157 e. The van der Waals surface area contributed by atoms with E-state index in [0.717, 1.165) is 59.7 Å². The monoisotopic (exact) mass is 744 g/mol. The van der Waals surface area contributed by atoms with E-state index in [4.69, 9.17) is 10.2 Å². The largest absolute Gasteiger partial charge is 0.338 e. The Bertz CT molecular complexity index is 2340. The van der Waals surface area contributed by atoms with E-state index < -0.39 is 0 Å². The molecular weight excluding hydrogens is 705 g/mol. The summed E-state index contributed by atoms with van der Waals surface area (Å²) in [5.74, 6) is 0. The fourth-order valence-electron chi connectivity index (χ4n) is 6.91. The molecule has 54 heavy (non-hydrogen) atoms. The van der Waals surface area contributed by atoms with Crippen molar-refractivity contribution in [1.29, 1.82) is 0 Å². The summed E-state index contributed by atoms with van der Waals surface area (Å²) >= 11 is 3.61. The van der Waals surface area contributed by atoms with Crippen LogP contribution in [0.25, 0.3) is 23.5 Å². The highest BCUT2D eigenvalue weighted by molar-refractivity contribution is 8.04. The van der Waals surface area contributed by atoms with Crippen molar-refractivity contribution in [2.45, 2.75) is 9.79 Å². The summed E-state index contributed by atoms with van der Waals surface area (Å²) in [6.07, 6.45) is 8.77. The summed E-state index contributed by atoms with van der Waals surface area (Å²) in [5.41, 5.74) is 8.65. The van der Waals surface area contributed by atoms with Crippen molar-refractivity contribution in [3.05, 3.63) is 178 Å². The van der Waals surface area contributed by atoms with Gasteiger partial charge in [-0.15, -0.1) is 0 Å². The number of fused-ring (bicyclic) bond motifs is 2. The lowest BCUT2D eigenvalue weighted by molar-refractivity contribution is 0.130. The van der Waals surface area contributed by atoms with Gasteiger partial charge in [-0.05, 0) is 96.1 Å². The van der Waals surface area contributed by atoms with Crippen LogP contribution in [0.5, 0.6) is 0 Å². The second-order valence-electron chi connectivity index (χ2n) is 13.4. The van der Waals surface area contributed by atoms with Crippen molar-refractivity contribution >= 4 is 47.1 Å². The van der Waals surface area contributed by atoms with Crippen molar-refractivity contribution < 1.29 is 0 Å². The van der Waals surface area contributed by atoms with E-state index in [1.54, 1.807) is 23.5 Å². The first-order valence-corrected chi connectivity index (χ1v) is 19.8. The average molecular weight is 745 g/mol. The van der Waals surface area contributed by atoms with E-state index in [-0.39, 0.29) is 0 Å². The Morgan fingerprint density at radius 1 is 0.481 bits per heavy atom. The van der Waals surface area contributed by atoms with Crippen molar-refractivity contribution in [3.8, 4) is 11.4 Å². The molecule has 0 saturated carbocycles. The first-order chi connectivity index (χ1) is 26.6. The number of pyridine rings is 2. The molecule has 2 aromatic heterocycles. The van der Waals surface area contributed by atoms with E-state index in [2.05, 4.69) is 189 Å². The molecule has 6 aromatic rings. The zero-order valence-corrected chi connectivity index (χ0v) is 31.9. The van der Waals surface area contributed by atoms with Gasteiger partial charge < -0.3 is 18.9 Å². The molecule has 0 unspecified atom stereocenters. The number of rotatable bonds is 6. The third-order valence-electron chi connectivity index (χ3n) is 9.83. The van der Waals surface area contributed by atoms with Gasteiger partial charge >= 0.3 is 0 Å². The van der Waals surface area contributed by atoms with Gasteiger partial charge in [-0.25, -0.2) is 0 Å². The van der Waals surface area contributed by atoms with Crippen LogP contribution in [0.2, 0.25) is 0 Å². The number of benzene rings is 4. The molecule has 0 radical (unpaired) electrons. The molecular formula is C44H40N8S2. The first kappa shape index (κ1) is 34.0. The van der Waals surface area contributed by atoms with Crippen LogP contribution in [0.1, 0.15) is 11.1 Å². The van der Waals surface area contributed by atoms with Gasteiger partial charge in [0, 0.05) is 47.7 Å². The van der Waals surface area contributed by atoms with Crippen LogP contribution in [0, 0.1) is 0 Å². The summed E-state index contributed by atoms with van der Waals surface area (Å²) in [6.45, 7) is 3.02. The van der Waals surface area contributed by atoms with E-state index in [0.29, 0.717) is 0 Å². The lowest BCUT2D eigenvalue weighted by Gasteiger charge is -2.31. The second kappa shape index (κ2) is 14.9. The number of thioether (sulfide) groups is 2. The predicted molar refractivity (Wildman–Crippen MR) is 223 cm³/mol. The summed E-state index contributed by atoms with van der Waals surface area (Å²) in [7, 11) is 4.27. The van der Waals surface area contributed by atoms with Crippen LogP contribution in [0.15, 0.2) is 176 Å². The number of hydrogen-bond donors (Lipinski definition) is 0. The lowest BCUT2D eigenvalue weighted by atomic mass is 10.2. The Kier molecular flexibility index (Phi) is 9.36. The van der Waals surface area contributed by atoms with Gasteiger partial charge in [-0.3, -0.25) is 10.0 Å². The Balaban J connectivity index is 0.999. The van der Waals surface area contributed by atoms with Crippen LogP contribution < -0.4 is 20.8 Å². The zero-order chi connectivity index (χ0) is 36.4. The Hall–Kier alpha value is -5.84. The second-order valence-corrected chi connectivity index (χ2v) is 15.5. The summed E-state index contributed by atoms with van der Waals surface area (Å²) in [5, 5.41) is 17.3. The normalized spacial score (nSPS) is 17.5. The van der Waals surface area contributed by atoms with Crippen molar-refractivity contribution in [3.63, 3.8) is 0 Å². The van der Waals surface area contributed by atoms with Crippen LogP contribution in [-0.2, 0) is 0 Å². The third-order valence-corrected chi connectivity index (χ3v) is 12.2. The summed E-state index contributed by atoms with van der Waals surface area (Å²) < 4.78 is 4.33. The van der Waals surface area contributed by atoms with Gasteiger partial charge in [0.1, 0.15) is 0 Å². The van der Waals surface area contributed by atoms with Gasteiger partial charge in [0.25, 0.3) is 0 Å². The fraction of sp³-hybridized carbons (Fsp3) is 0.136. The van der Waals surface area contributed by atoms with Gasteiger partial charge in [0.05, 0.1) is 47.6 Å². The highest BCUT2D eigenvalue weighted by Gasteiger charge is 2.23. The van der Waals surface area contributed by atoms with Crippen molar-refractivity contribution in [2.75, 3.05) is 50.1 Å². The van der Waals surface area contributed by atoms with Crippen molar-refractivity contribution in [1.82, 2.24) is 19.2 Å². The molecule has 0 bridgehead atoms. The van der Waals surface area contributed by atoms with Crippen LogP contribution in [-0.4, -0.2) is 59.4 Å². The lowest BCUT2D eigenvalue weighted by Crippen LogP contribution is -2.44. The molecule has 0 amide bonds. The molecule has 268 valence electrons. The first-order valence-electron chi connectivity index (χ1n) is 18.2. The number of anilines is 2. The summed E-state index contributed by atoms with van der Waals surface area (Å²) in [4.78, 5) is 7.08. The van der Waals surface area contributed by atoms with E-state index >= 15 is 0 Å². The minimum Gasteiger partial charge on any atom is -0.338 e. The van der Waals surface area contributed by atoms with Crippen molar-refractivity contribution in [2.24, 2.45) is 10.2 Å². The molecule has 0 N–H and O–H groups in total. The van der Waals surface area contributed by atoms with Crippen LogP contribution >= 0.6 is 23.5 Å². The smallest absolute Gasteiger partial charge is 0.157 e. The molecule has 0 spiro atoms. The quantitative estimate of drug-likeness (QED) is 0.171. The molecule has 10 heteroatoms. The topological polar surface area (TPSA) is 47.5 Å². The average Bonchev–Trinajstić information content (AvgIpc) is 3.70. The predicted octanol–water partition coefficient (Wildman–Crippen LogP) is 8.30. The van der Waals surface area contributed by atoms with E-state index in [1.807, 2.05) is 12.1 Å². The number of para-hydroxylation sites is 4. The zero-order valence-electron chi connectivity index (χ0n) is 30.2.